The van der Waals surface area contributed by atoms with Crippen LogP contribution in [0, 0.1) is 5.41 Å². The third kappa shape index (κ3) is 3.21. The average molecular weight is 376 g/mol. The molecule has 1 atom stereocenters. The highest BCUT2D eigenvalue weighted by atomic mass is 35.5. The molecule has 2 heterocycles. The Kier molecular flexibility index (Phi) is 4.80. The molecule has 0 radical (unpaired) electrons. The van der Waals surface area contributed by atoms with Crippen molar-refractivity contribution < 1.29 is 14.7 Å². The molecule has 3 rings (SSSR count). The van der Waals surface area contributed by atoms with Crippen LogP contribution in [0.1, 0.15) is 49.2 Å². The Labute approximate surface area is 157 Å². The number of benzene rings is 1. The minimum absolute atomic E-state index is 0.0700. The lowest BCUT2D eigenvalue weighted by Crippen LogP contribution is -2.35. The topological polar surface area (TPSA) is 75.4 Å². The first-order valence-corrected chi connectivity index (χ1v) is 8.97. The summed E-state index contributed by atoms with van der Waals surface area (Å²) in [4.78, 5) is 26.1. The smallest absolute Gasteiger partial charge is 0.311 e. The van der Waals surface area contributed by atoms with E-state index in [2.05, 4.69) is 5.10 Å². The maximum atomic E-state index is 13.0. The minimum atomic E-state index is -0.889. The van der Waals surface area contributed by atoms with Crippen LogP contribution >= 0.6 is 11.6 Å². The number of halogens is 1. The Bertz CT molecular complexity index is 844. The molecule has 1 N–H and O–H groups in total. The van der Waals surface area contributed by atoms with Crippen LogP contribution in [0.25, 0.3) is 5.69 Å². The fourth-order valence-electron chi connectivity index (χ4n) is 3.35. The maximum absolute atomic E-state index is 13.0. The highest BCUT2D eigenvalue weighted by Crippen LogP contribution is 2.32. The number of hydrogen-bond acceptors (Lipinski definition) is 3. The standard InChI is InChI=1S/C19H22ClN3O3/c1-12(2)16-15(10-21-23(16)14-6-4-13(20)5-7-14)17(24)22-9-8-19(3,11-22)18(25)26/h4-7,10,12H,8-9,11H2,1-3H3,(H,25,26). The van der Waals surface area contributed by atoms with E-state index in [4.69, 9.17) is 11.6 Å². The van der Waals surface area contributed by atoms with Crippen LogP contribution in [0.4, 0.5) is 0 Å². The Morgan fingerprint density at radius 3 is 2.46 bits per heavy atom. The highest BCUT2D eigenvalue weighted by Gasteiger charge is 2.43. The quantitative estimate of drug-likeness (QED) is 0.886. The van der Waals surface area contributed by atoms with Crippen molar-refractivity contribution in [3.8, 4) is 5.69 Å². The zero-order valence-corrected chi connectivity index (χ0v) is 15.8. The van der Waals surface area contributed by atoms with Crippen molar-refractivity contribution in [1.29, 1.82) is 0 Å². The molecule has 2 aromatic rings. The van der Waals surface area contributed by atoms with Gasteiger partial charge in [-0.15, -0.1) is 0 Å². The van der Waals surface area contributed by atoms with Gasteiger partial charge in [0.25, 0.3) is 5.91 Å². The number of rotatable bonds is 4. The Morgan fingerprint density at radius 1 is 1.27 bits per heavy atom. The van der Waals surface area contributed by atoms with Gasteiger partial charge in [0.05, 0.1) is 28.6 Å². The number of carbonyl (C=O) groups excluding carboxylic acids is 1. The zero-order chi connectivity index (χ0) is 19.1. The van der Waals surface area contributed by atoms with E-state index in [1.807, 2.05) is 26.0 Å². The van der Waals surface area contributed by atoms with E-state index < -0.39 is 11.4 Å². The molecule has 1 unspecified atom stereocenters. The molecule has 1 aliphatic rings. The van der Waals surface area contributed by atoms with E-state index in [0.29, 0.717) is 23.6 Å². The van der Waals surface area contributed by atoms with Crippen molar-refractivity contribution in [2.75, 3.05) is 13.1 Å². The van der Waals surface area contributed by atoms with Crippen LogP contribution in [-0.4, -0.2) is 44.8 Å². The van der Waals surface area contributed by atoms with Crippen molar-refractivity contribution >= 4 is 23.5 Å². The van der Waals surface area contributed by atoms with E-state index in [1.54, 1.807) is 34.8 Å². The van der Waals surface area contributed by atoms with Crippen molar-refractivity contribution in [3.63, 3.8) is 0 Å². The third-order valence-electron chi connectivity index (χ3n) is 4.93. The lowest BCUT2D eigenvalue weighted by Gasteiger charge is -2.21. The van der Waals surface area contributed by atoms with Crippen molar-refractivity contribution in [1.82, 2.24) is 14.7 Å². The number of carbonyl (C=O) groups is 2. The number of amides is 1. The SMILES string of the molecule is CC(C)c1c(C(=O)N2CCC(C)(C(=O)O)C2)cnn1-c1ccc(Cl)cc1. The number of likely N-dealkylation sites (tertiary alicyclic amines) is 1. The number of carboxylic acids is 1. The molecule has 1 aromatic carbocycles. The second-order valence-corrected chi connectivity index (χ2v) is 7.77. The molecular formula is C19H22ClN3O3. The summed E-state index contributed by atoms with van der Waals surface area (Å²) in [6, 6.07) is 7.27. The molecule has 26 heavy (non-hydrogen) atoms. The van der Waals surface area contributed by atoms with Gasteiger partial charge in [-0.1, -0.05) is 25.4 Å². The number of aliphatic carboxylic acids is 1. The first-order chi connectivity index (χ1) is 12.2. The van der Waals surface area contributed by atoms with E-state index in [-0.39, 0.29) is 18.4 Å². The van der Waals surface area contributed by atoms with Crippen LogP contribution in [0.3, 0.4) is 0 Å². The van der Waals surface area contributed by atoms with Gasteiger partial charge in [-0.3, -0.25) is 9.59 Å². The monoisotopic (exact) mass is 375 g/mol. The number of hydrogen-bond donors (Lipinski definition) is 1. The molecule has 6 nitrogen and oxygen atoms in total. The van der Waals surface area contributed by atoms with Gasteiger partial charge in [-0.05, 0) is 43.5 Å². The van der Waals surface area contributed by atoms with Gasteiger partial charge in [0.15, 0.2) is 0 Å². The second-order valence-electron chi connectivity index (χ2n) is 7.33. The lowest BCUT2D eigenvalue weighted by atomic mass is 9.90. The Balaban J connectivity index is 1.95. The van der Waals surface area contributed by atoms with Crippen LogP contribution in [0.2, 0.25) is 5.02 Å². The van der Waals surface area contributed by atoms with E-state index in [1.165, 1.54) is 0 Å². The Hall–Kier alpha value is -2.34. The summed E-state index contributed by atoms with van der Waals surface area (Å²) in [6.07, 6.45) is 2.03. The number of carboxylic acid groups (broad SMARTS) is 1. The first-order valence-electron chi connectivity index (χ1n) is 8.59. The third-order valence-corrected chi connectivity index (χ3v) is 5.18. The molecule has 0 aliphatic carbocycles. The molecule has 138 valence electrons. The summed E-state index contributed by atoms with van der Waals surface area (Å²) in [5.41, 5.74) is 1.26. The largest absolute Gasteiger partial charge is 0.481 e. The fraction of sp³-hybridized carbons (Fsp3) is 0.421. The van der Waals surface area contributed by atoms with Crippen LogP contribution in [-0.2, 0) is 4.79 Å². The predicted molar refractivity (Wildman–Crippen MR) is 98.9 cm³/mol. The van der Waals surface area contributed by atoms with E-state index in [9.17, 15) is 14.7 Å². The molecule has 0 bridgehead atoms. The van der Waals surface area contributed by atoms with E-state index in [0.717, 1.165) is 11.4 Å². The maximum Gasteiger partial charge on any atom is 0.311 e. The van der Waals surface area contributed by atoms with Gasteiger partial charge >= 0.3 is 5.97 Å². The number of nitrogens with zero attached hydrogens (tertiary/aromatic N) is 3. The van der Waals surface area contributed by atoms with Crippen LogP contribution in [0.5, 0.6) is 0 Å². The van der Waals surface area contributed by atoms with E-state index >= 15 is 0 Å². The summed E-state index contributed by atoms with van der Waals surface area (Å²) in [7, 11) is 0. The zero-order valence-electron chi connectivity index (χ0n) is 15.1. The van der Waals surface area contributed by atoms with Crippen LogP contribution in [0.15, 0.2) is 30.5 Å². The fourth-order valence-corrected chi connectivity index (χ4v) is 3.47. The molecule has 1 aliphatic heterocycles. The van der Waals surface area contributed by atoms with Crippen molar-refractivity contribution in [2.24, 2.45) is 5.41 Å². The normalized spacial score (nSPS) is 20.0. The summed E-state index contributed by atoms with van der Waals surface area (Å²) >= 11 is 5.96. The average Bonchev–Trinajstić information content (AvgIpc) is 3.20. The predicted octanol–water partition coefficient (Wildman–Crippen LogP) is 3.59. The van der Waals surface area contributed by atoms with Crippen molar-refractivity contribution in [3.05, 3.63) is 46.7 Å². The molecule has 1 saturated heterocycles. The molecule has 1 amide bonds. The minimum Gasteiger partial charge on any atom is -0.481 e. The number of aromatic nitrogens is 2. The van der Waals surface area contributed by atoms with Gasteiger partial charge in [0.2, 0.25) is 0 Å². The first kappa shape index (κ1) is 18.5. The molecule has 0 saturated carbocycles. The van der Waals surface area contributed by atoms with Gasteiger partial charge in [0, 0.05) is 18.1 Å². The van der Waals surface area contributed by atoms with Crippen LogP contribution < -0.4 is 0 Å². The second kappa shape index (κ2) is 6.76. The molecule has 1 aromatic heterocycles. The van der Waals surface area contributed by atoms with Gasteiger partial charge < -0.3 is 10.0 Å². The summed E-state index contributed by atoms with van der Waals surface area (Å²) in [6.45, 7) is 6.34. The highest BCUT2D eigenvalue weighted by molar-refractivity contribution is 6.30. The molecular weight excluding hydrogens is 354 g/mol. The summed E-state index contributed by atoms with van der Waals surface area (Å²) in [5.74, 6) is -0.965. The molecule has 7 heteroatoms. The summed E-state index contributed by atoms with van der Waals surface area (Å²) in [5, 5.41) is 14.4. The lowest BCUT2D eigenvalue weighted by molar-refractivity contribution is -0.147. The molecule has 1 fully saturated rings. The Morgan fingerprint density at radius 2 is 1.92 bits per heavy atom. The van der Waals surface area contributed by atoms with Gasteiger partial charge in [-0.25, -0.2) is 4.68 Å². The van der Waals surface area contributed by atoms with Crippen molar-refractivity contribution in [2.45, 2.75) is 33.1 Å². The summed E-state index contributed by atoms with van der Waals surface area (Å²) < 4.78 is 1.75. The van der Waals surface area contributed by atoms with Gasteiger partial charge in [0.1, 0.15) is 0 Å². The van der Waals surface area contributed by atoms with Gasteiger partial charge in [-0.2, -0.15) is 5.10 Å². The molecule has 0 spiro atoms.